The third-order valence-corrected chi connectivity index (χ3v) is 5.16. The molecule has 1 heterocycles. The molecule has 1 fully saturated rings. The minimum absolute atomic E-state index is 0.419. The van der Waals surface area contributed by atoms with E-state index in [4.69, 9.17) is 0 Å². The van der Waals surface area contributed by atoms with Crippen molar-refractivity contribution in [1.29, 1.82) is 0 Å². The molecule has 0 saturated heterocycles. The molecule has 0 aromatic carbocycles. The molecule has 2 rings (SSSR count). The lowest BCUT2D eigenvalue weighted by atomic mass is 9.64. The van der Waals surface area contributed by atoms with Crippen LogP contribution in [0.1, 0.15) is 64.9 Å². The smallest absolute Gasteiger partial charge is 0.0302 e. The van der Waals surface area contributed by atoms with E-state index in [0.29, 0.717) is 11.3 Å². The Morgan fingerprint density at radius 3 is 2.71 bits per heavy atom. The van der Waals surface area contributed by atoms with E-state index in [1.54, 1.807) is 0 Å². The first-order valence-corrected chi connectivity index (χ1v) is 8.63. The largest absolute Gasteiger partial charge is 0.316 e. The number of hydrogen-bond donors (Lipinski definition) is 1. The maximum atomic E-state index is 4.36. The van der Waals surface area contributed by atoms with Gasteiger partial charge in [0.1, 0.15) is 0 Å². The Morgan fingerprint density at radius 2 is 2.10 bits per heavy atom. The summed E-state index contributed by atoms with van der Waals surface area (Å²) in [5.74, 6) is 2.26. The number of aromatic nitrogens is 1. The molecule has 0 amide bonds. The third kappa shape index (κ3) is 4.54. The topological polar surface area (TPSA) is 24.9 Å². The molecule has 0 aliphatic heterocycles. The second kappa shape index (κ2) is 7.40. The van der Waals surface area contributed by atoms with Crippen LogP contribution in [-0.4, -0.2) is 18.1 Å². The first-order chi connectivity index (χ1) is 10.0. The van der Waals surface area contributed by atoms with Gasteiger partial charge in [0.15, 0.2) is 0 Å². The second-order valence-corrected chi connectivity index (χ2v) is 7.73. The molecule has 21 heavy (non-hydrogen) atoms. The maximum absolute atomic E-state index is 4.36. The van der Waals surface area contributed by atoms with Crippen LogP contribution < -0.4 is 5.32 Å². The highest BCUT2D eigenvalue weighted by Crippen LogP contribution is 2.46. The summed E-state index contributed by atoms with van der Waals surface area (Å²) < 4.78 is 0. The summed E-state index contributed by atoms with van der Waals surface area (Å²) in [5.41, 5.74) is 1.86. The van der Waals surface area contributed by atoms with Crippen LogP contribution in [0.3, 0.4) is 0 Å². The molecule has 0 radical (unpaired) electrons. The monoisotopic (exact) mass is 288 g/mol. The van der Waals surface area contributed by atoms with Crippen LogP contribution in [0.15, 0.2) is 24.5 Å². The molecule has 2 nitrogen and oxygen atoms in total. The zero-order chi connectivity index (χ0) is 15.3. The third-order valence-electron chi connectivity index (χ3n) is 5.16. The van der Waals surface area contributed by atoms with Crippen molar-refractivity contribution in [3.8, 4) is 0 Å². The molecule has 1 aliphatic carbocycles. The van der Waals surface area contributed by atoms with Crippen LogP contribution in [0.2, 0.25) is 0 Å². The number of hydrogen-bond acceptors (Lipinski definition) is 2. The highest BCUT2D eigenvalue weighted by atomic mass is 14.9. The van der Waals surface area contributed by atoms with Crippen molar-refractivity contribution in [1.82, 2.24) is 10.3 Å². The van der Waals surface area contributed by atoms with Crippen LogP contribution in [-0.2, 0) is 0 Å². The average Bonchev–Trinajstić information content (AvgIpc) is 2.47. The van der Waals surface area contributed by atoms with E-state index in [1.165, 1.54) is 31.2 Å². The lowest BCUT2D eigenvalue weighted by Crippen LogP contribution is -2.35. The number of rotatable bonds is 5. The van der Waals surface area contributed by atoms with Crippen molar-refractivity contribution >= 4 is 0 Å². The summed E-state index contributed by atoms with van der Waals surface area (Å²) in [5, 5.41) is 3.64. The summed E-state index contributed by atoms with van der Waals surface area (Å²) in [6.45, 7) is 11.7. The minimum atomic E-state index is 0.419. The summed E-state index contributed by atoms with van der Waals surface area (Å²) in [6, 6.07) is 4.36. The first-order valence-electron chi connectivity index (χ1n) is 8.63. The fourth-order valence-electron chi connectivity index (χ4n) is 3.73. The van der Waals surface area contributed by atoms with E-state index in [-0.39, 0.29) is 0 Å². The number of nitrogens with zero attached hydrogens (tertiary/aromatic N) is 1. The van der Waals surface area contributed by atoms with Gasteiger partial charge in [-0.3, -0.25) is 4.98 Å². The highest BCUT2D eigenvalue weighted by Gasteiger charge is 2.36. The minimum Gasteiger partial charge on any atom is -0.316 e. The summed E-state index contributed by atoms with van der Waals surface area (Å²) in [6.07, 6.45) is 9.22. The van der Waals surface area contributed by atoms with Crippen molar-refractivity contribution in [2.45, 2.75) is 59.3 Å². The van der Waals surface area contributed by atoms with Crippen LogP contribution in [0.4, 0.5) is 0 Å². The van der Waals surface area contributed by atoms with E-state index in [0.717, 1.165) is 24.9 Å². The van der Waals surface area contributed by atoms with Gasteiger partial charge in [0, 0.05) is 12.4 Å². The fraction of sp³-hybridized carbons (Fsp3) is 0.737. The van der Waals surface area contributed by atoms with Gasteiger partial charge in [0.2, 0.25) is 0 Å². The lowest BCUT2D eigenvalue weighted by molar-refractivity contribution is 0.129. The summed E-state index contributed by atoms with van der Waals surface area (Å²) in [7, 11) is 0. The number of pyridine rings is 1. The molecule has 3 unspecified atom stereocenters. The zero-order valence-corrected chi connectivity index (χ0v) is 14.2. The van der Waals surface area contributed by atoms with E-state index in [9.17, 15) is 0 Å². The fourth-order valence-corrected chi connectivity index (χ4v) is 3.73. The SMILES string of the molecule is CCCNCC1CCC(C(C)(C)C)CC1c1cccnc1. The van der Waals surface area contributed by atoms with Crippen molar-refractivity contribution < 1.29 is 0 Å². The molecule has 0 spiro atoms. The van der Waals surface area contributed by atoms with E-state index < -0.39 is 0 Å². The van der Waals surface area contributed by atoms with E-state index >= 15 is 0 Å². The van der Waals surface area contributed by atoms with Gasteiger partial charge < -0.3 is 5.32 Å². The summed E-state index contributed by atoms with van der Waals surface area (Å²) >= 11 is 0. The van der Waals surface area contributed by atoms with Gasteiger partial charge >= 0.3 is 0 Å². The van der Waals surface area contributed by atoms with Gasteiger partial charge in [-0.25, -0.2) is 0 Å². The molecule has 3 atom stereocenters. The molecule has 1 saturated carbocycles. The summed E-state index contributed by atoms with van der Waals surface area (Å²) in [4.78, 5) is 4.36. The zero-order valence-electron chi connectivity index (χ0n) is 14.2. The predicted octanol–water partition coefficient (Wildman–Crippen LogP) is 4.63. The molecule has 1 aromatic heterocycles. The standard InChI is InChI=1S/C19H32N2/c1-5-10-20-14-16-8-9-17(19(2,3)4)12-18(16)15-7-6-11-21-13-15/h6-7,11,13,16-18,20H,5,8-10,12,14H2,1-4H3. The Hall–Kier alpha value is -0.890. The normalized spacial score (nSPS) is 26.8. The van der Waals surface area contributed by atoms with Gasteiger partial charge in [-0.1, -0.05) is 33.8 Å². The Labute approximate surface area is 130 Å². The van der Waals surface area contributed by atoms with E-state index in [1.807, 2.05) is 6.20 Å². The van der Waals surface area contributed by atoms with Crippen molar-refractivity contribution in [3.63, 3.8) is 0 Å². The lowest BCUT2D eigenvalue weighted by Gasteiger charge is -2.42. The van der Waals surface area contributed by atoms with Gasteiger partial charge in [-0.15, -0.1) is 0 Å². The van der Waals surface area contributed by atoms with E-state index in [2.05, 4.69) is 56.3 Å². The van der Waals surface area contributed by atoms with Crippen molar-refractivity contribution in [3.05, 3.63) is 30.1 Å². The second-order valence-electron chi connectivity index (χ2n) is 7.73. The van der Waals surface area contributed by atoms with Crippen molar-refractivity contribution in [2.75, 3.05) is 13.1 Å². The van der Waals surface area contributed by atoms with Crippen LogP contribution in [0.5, 0.6) is 0 Å². The molecule has 1 N–H and O–H groups in total. The average molecular weight is 288 g/mol. The van der Waals surface area contributed by atoms with Crippen LogP contribution in [0.25, 0.3) is 0 Å². The van der Waals surface area contributed by atoms with Gasteiger partial charge in [-0.2, -0.15) is 0 Å². The molecule has 0 bridgehead atoms. The van der Waals surface area contributed by atoms with Crippen LogP contribution in [0, 0.1) is 17.3 Å². The molecular formula is C19H32N2. The molecular weight excluding hydrogens is 256 g/mol. The molecule has 1 aromatic rings. The van der Waals surface area contributed by atoms with Gasteiger partial charge in [0.05, 0.1) is 0 Å². The van der Waals surface area contributed by atoms with Gasteiger partial charge in [0.25, 0.3) is 0 Å². The Bertz CT molecular complexity index is 407. The highest BCUT2D eigenvalue weighted by molar-refractivity contribution is 5.17. The quantitative estimate of drug-likeness (QED) is 0.799. The first kappa shape index (κ1) is 16.5. The maximum Gasteiger partial charge on any atom is 0.0302 e. The molecule has 2 heteroatoms. The molecule has 118 valence electrons. The Kier molecular flexibility index (Phi) is 5.80. The van der Waals surface area contributed by atoms with Gasteiger partial charge in [-0.05, 0) is 73.6 Å². The Balaban J connectivity index is 2.10. The Morgan fingerprint density at radius 1 is 1.29 bits per heavy atom. The van der Waals surface area contributed by atoms with Crippen molar-refractivity contribution in [2.24, 2.45) is 17.3 Å². The van der Waals surface area contributed by atoms with Crippen LogP contribution >= 0.6 is 0 Å². The molecule has 1 aliphatic rings. The predicted molar refractivity (Wildman–Crippen MR) is 90.4 cm³/mol. The number of nitrogens with one attached hydrogen (secondary N) is 1.